The van der Waals surface area contributed by atoms with Gasteiger partial charge in [0.05, 0.1) is 16.1 Å². The third kappa shape index (κ3) is 3.19. The number of alkyl halides is 1. The van der Waals surface area contributed by atoms with E-state index in [1.165, 1.54) is 17.0 Å². The van der Waals surface area contributed by atoms with E-state index in [2.05, 4.69) is 15.9 Å². The van der Waals surface area contributed by atoms with Crippen LogP contribution in [0.4, 0.5) is 0 Å². The molecule has 0 N–H and O–H groups in total. The Bertz CT molecular complexity index is 1070. The van der Waals surface area contributed by atoms with Gasteiger partial charge in [0.1, 0.15) is 0 Å². The van der Waals surface area contributed by atoms with Crippen molar-refractivity contribution in [2.24, 2.45) is 0 Å². The fraction of sp³-hybridized carbons (Fsp3) is 0.105. The number of hydrogen-bond acceptors (Lipinski definition) is 3. The highest BCUT2D eigenvalue weighted by molar-refractivity contribution is 9.08. The summed E-state index contributed by atoms with van der Waals surface area (Å²) in [7, 11) is -3.80. The van der Waals surface area contributed by atoms with Gasteiger partial charge in [0.25, 0.3) is 10.0 Å². The number of carbonyl (C=O) groups is 1. The first-order valence-corrected chi connectivity index (χ1v) is 10.2. The van der Waals surface area contributed by atoms with Crippen LogP contribution in [0.15, 0.2) is 65.6 Å². The molecule has 3 rings (SSSR count). The second kappa shape index (κ2) is 6.98. The van der Waals surface area contributed by atoms with Crippen LogP contribution in [0.5, 0.6) is 0 Å². The number of rotatable bonds is 5. The largest absolute Gasteiger partial charge is 0.295 e. The minimum Gasteiger partial charge on any atom is -0.295 e. The number of nitrogens with zero attached hydrogens (tertiary/aromatic N) is 1. The Hall–Kier alpha value is -2.18. The minimum atomic E-state index is -3.80. The molecular formula is C19H16BrNO3S. The average Bonchev–Trinajstić information content (AvgIpc) is 2.94. The van der Waals surface area contributed by atoms with Crippen molar-refractivity contribution in [2.45, 2.75) is 17.1 Å². The summed E-state index contributed by atoms with van der Waals surface area (Å²) in [5, 5.41) is 1.31. The Morgan fingerprint density at radius 3 is 2.36 bits per heavy atom. The third-order valence-corrected chi connectivity index (χ3v) is 6.17. The second-order valence-corrected chi connectivity index (χ2v) is 7.89. The molecule has 4 nitrogen and oxygen atoms in total. The summed E-state index contributed by atoms with van der Waals surface area (Å²) in [5.74, 6) is -0.144. The monoisotopic (exact) mass is 417 g/mol. The van der Waals surface area contributed by atoms with Gasteiger partial charge in [0, 0.05) is 10.7 Å². The number of fused-ring (bicyclic) bond motifs is 1. The Labute approximate surface area is 155 Å². The first-order chi connectivity index (χ1) is 12.0. The summed E-state index contributed by atoms with van der Waals surface area (Å²) in [4.78, 5) is 11.6. The van der Waals surface area contributed by atoms with Gasteiger partial charge >= 0.3 is 0 Å². The minimum absolute atomic E-state index is 0.144. The van der Waals surface area contributed by atoms with Crippen molar-refractivity contribution in [3.8, 4) is 0 Å². The molecule has 6 heteroatoms. The van der Waals surface area contributed by atoms with Crippen LogP contribution in [0.25, 0.3) is 17.0 Å². The summed E-state index contributed by atoms with van der Waals surface area (Å²) >= 11 is 3.45. The van der Waals surface area contributed by atoms with Crippen LogP contribution in [0.1, 0.15) is 18.2 Å². The number of allylic oxidation sites excluding steroid dienone is 1. The molecule has 1 heterocycles. The molecule has 0 radical (unpaired) electrons. The van der Waals surface area contributed by atoms with Crippen molar-refractivity contribution in [2.75, 3.05) is 0 Å². The van der Waals surface area contributed by atoms with E-state index in [1.807, 2.05) is 12.1 Å². The van der Waals surface area contributed by atoms with Crippen LogP contribution in [-0.4, -0.2) is 18.2 Å². The summed E-state index contributed by atoms with van der Waals surface area (Å²) in [6.45, 7) is 1.43. The van der Waals surface area contributed by atoms with E-state index >= 15 is 0 Å². The lowest BCUT2D eigenvalue weighted by Gasteiger charge is -2.10. The molecule has 25 heavy (non-hydrogen) atoms. The van der Waals surface area contributed by atoms with E-state index < -0.39 is 10.0 Å². The molecule has 0 atom stereocenters. The topological polar surface area (TPSA) is 56.1 Å². The molecule has 0 bridgehead atoms. The standard InChI is InChI=1S/C19H16BrNO3S/c1-14(22)11-12-19-17(13-20)16-9-5-6-10-18(16)21(19)25(23,24)15-7-3-2-4-8-15/h2-12H,13H2,1H3/b12-11+. The average molecular weight is 418 g/mol. The van der Waals surface area contributed by atoms with Gasteiger partial charge in [-0.15, -0.1) is 0 Å². The van der Waals surface area contributed by atoms with Gasteiger partial charge in [0.2, 0.25) is 0 Å². The van der Waals surface area contributed by atoms with Crippen LogP contribution >= 0.6 is 15.9 Å². The lowest BCUT2D eigenvalue weighted by Crippen LogP contribution is -2.14. The fourth-order valence-corrected chi connectivity index (χ4v) is 4.91. The van der Waals surface area contributed by atoms with Gasteiger partial charge in [-0.1, -0.05) is 52.3 Å². The number of benzene rings is 2. The Morgan fingerprint density at radius 2 is 1.72 bits per heavy atom. The zero-order chi connectivity index (χ0) is 18.0. The van der Waals surface area contributed by atoms with Crippen molar-refractivity contribution in [3.05, 3.63) is 71.9 Å². The maximum Gasteiger partial charge on any atom is 0.268 e. The normalized spacial score (nSPS) is 12.1. The maximum absolute atomic E-state index is 13.3. The second-order valence-electron chi connectivity index (χ2n) is 5.54. The van der Waals surface area contributed by atoms with Crippen LogP contribution in [0.2, 0.25) is 0 Å². The molecule has 0 spiro atoms. The van der Waals surface area contributed by atoms with Gasteiger partial charge in [0.15, 0.2) is 5.78 Å². The molecule has 0 aliphatic heterocycles. The molecule has 0 aliphatic carbocycles. The summed E-state index contributed by atoms with van der Waals surface area (Å²) in [6, 6.07) is 15.6. The number of para-hydroxylation sites is 1. The fourth-order valence-electron chi connectivity index (χ4n) is 2.76. The molecule has 0 amide bonds. The molecule has 0 unspecified atom stereocenters. The van der Waals surface area contributed by atoms with Crippen LogP contribution < -0.4 is 0 Å². The lowest BCUT2D eigenvalue weighted by molar-refractivity contribution is -0.112. The van der Waals surface area contributed by atoms with Crippen molar-refractivity contribution < 1.29 is 13.2 Å². The summed E-state index contributed by atoms with van der Waals surface area (Å²) in [6.07, 6.45) is 2.96. The molecule has 0 aliphatic rings. The molecule has 0 saturated carbocycles. The van der Waals surface area contributed by atoms with Crippen molar-refractivity contribution in [1.82, 2.24) is 3.97 Å². The number of carbonyl (C=O) groups excluding carboxylic acids is 1. The Morgan fingerprint density at radius 1 is 1.08 bits per heavy atom. The van der Waals surface area contributed by atoms with E-state index in [-0.39, 0.29) is 10.7 Å². The van der Waals surface area contributed by atoms with Crippen LogP contribution in [-0.2, 0) is 20.1 Å². The molecular weight excluding hydrogens is 402 g/mol. The lowest BCUT2D eigenvalue weighted by atomic mass is 10.1. The smallest absolute Gasteiger partial charge is 0.268 e. The van der Waals surface area contributed by atoms with Crippen molar-refractivity contribution >= 4 is 48.7 Å². The molecule has 128 valence electrons. The van der Waals surface area contributed by atoms with Gasteiger partial charge in [-0.05, 0) is 42.8 Å². The molecule has 2 aromatic carbocycles. The highest BCUT2D eigenvalue weighted by Crippen LogP contribution is 2.32. The highest BCUT2D eigenvalue weighted by atomic mass is 79.9. The van der Waals surface area contributed by atoms with E-state index in [4.69, 9.17) is 0 Å². The predicted octanol–water partition coefficient (Wildman–Crippen LogP) is 4.38. The van der Waals surface area contributed by atoms with Gasteiger partial charge in [-0.3, -0.25) is 4.79 Å². The predicted molar refractivity (Wildman–Crippen MR) is 103 cm³/mol. The third-order valence-electron chi connectivity index (χ3n) is 3.87. The highest BCUT2D eigenvalue weighted by Gasteiger charge is 2.25. The van der Waals surface area contributed by atoms with Crippen molar-refractivity contribution in [1.29, 1.82) is 0 Å². The van der Waals surface area contributed by atoms with E-state index in [0.717, 1.165) is 10.9 Å². The quantitative estimate of drug-likeness (QED) is 0.457. The molecule has 0 saturated heterocycles. The first kappa shape index (κ1) is 17.6. The van der Waals surface area contributed by atoms with E-state index in [1.54, 1.807) is 48.5 Å². The SMILES string of the molecule is CC(=O)/C=C/c1c(CBr)c2ccccc2n1S(=O)(=O)c1ccccc1. The Balaban J connectivity index is 2.41. The number of hydrogen-bond donors (Lipinski definition) is 0. The zero-order valence-corrected chi connectivity index (χ0v) is 15.9. The number of ketones is 1. The van der Waals surface area contributed by atoms with Gasteiger partial charge in [-0.25, -0.2) is 12.4 Å². The summed E-state index contributed by atoms with van der Waals surface area (Å²) < 4.78 is 27.9. The van der Waals surface area contributed by atoms with E-state index in [9.17, 15) is 13.2 Å². The summed E-state index contributed by atoms with van der Waals surface area (Å²) in [5.41, 5.74) is 1.90. The molecule has 3 aromatic rings. The number of aromatic nitrogens is 1. The van der Waals surface area contributed by atoms with Crippen LogP contribution in [0.3, 0.4) is 0 Å². The van der Waals surface area contributed by atoms with Gasteiger partial charge in [-0.2, -0.15) is 0 Å². The van der Waals surface area contributed by atoms with Crippen molar-refractivity contribution in [3.63, 3.8) is 0 Å². The van der Waals surface area contributed by atoms with Crippen LogP contribution in [0, 0.1) is 0 Å². The Kier molecular flexibility index (Phi) is 4.92. The first-order valence-electron chi connectivity index (χ1n) is 7.64. The maximum atomic E-state index is 13.3. The number of halogens is 1. The van der Waals surface area contributed by atoms with Gasteiger partial charge < -0.3 is 0 Å². The van der Waals surface area contributed by atoms with E-state index in [0.29, 0.717) is 16.5 Å². The zero-order valence-electron chi connectivity index (χ0n) is 13.5. The molecule has 1 aromatic heterocycles. The molecule has 0 fully saturated rings.